The predicted octanol–water partition coefficient (Wildman–Crippen LogP) is 0.741. The summed E-state index contributed by atoms with van der Waals surface area (Å²) in [5.41, 5.74) is 11.3. The molecule has 0 fully saturated rings. The molecule has 14 heavy (non-hydrogen) atoms. The topological polar surface area (TPSA) is 76.8 Å². The third kappa shape index (κ3) is 2.55. The number of nitrogens with zero attached hydrogens (tertiary/aromatic N) is 2. The van der Waals surface area contributed by atoms with Gasteiger partial charge in [-0.25, -0.2) is 4.39 Å². The first-order valence-corrected chi connectivity index (χ1v) is 3.98. The highest BCUT2D eigenvalue weighted by atomic mass is 19.1. The Morgan fingerprint density at radius 1 is 1.43 bits per heavy atom. The summed E-state index contributed by atoms with van der Waals surface area (Å²) in [4.78, 5) is 0. The molecule has 5 heteroatoms. The molecule has 0 bridgehead atoms. The summed E-state index contributed by atoms with van der Waals surface area (Å²) in [6.07, 6.45) is 1.28. The average Bonchev–Trinajstić information content (AvgIpc) is 2.09. The minimum Gasteiger partial charge on any atom is -0.369 e. The lowest BCUT2D eigenvalue weighted by atomic mass is 10.1. The van der Waals surface area contributed by atoms with Gasteiger partial charge in [-0.05, 0) is 18.6 Å². The van der Waals surface area contributed by atoms with Crippen LogP contribution in [-0.2, 0) is 0 Å². The zero-order valence-electron chi connectivity index (χ0n) is 7.74. The smallest absolute Gasteiger partial charge is 0.211 e. The lowest BCUT2D eigenvalue weighted by Crippen LogP contribution is -2.21. The summed E-state index contributed by atoms with van der Waals surface area (Å²) in [5, 5.41) is 6.91. The fourth-order valence-corrected chi connectivity index (χ4v) is 0.962. The molecular formula is C9H11FN4. The van der Waals surface area contributed by atoms with E-state index in [9.17, 15) is 4.39 Å². The standard InChI is InChI=1S/C9H11FN4/c1-6-3-2-4-8(10)7(6)5-13-14-9(11)12/h2-5H,1H3,(H4,11,12,14)/b13-5+. The number of benzene rings is 1. The zero-order valence-corrected chi connectivity index (χ0v) is 7.74. The summed E-state index contributed by atoms with van der Waals surface area (Å²) in [6, 6.07) is 4.76. The molecule has 1 aromatic carbocycles. The molecule has 0 amide bonds. The van der Waals surface area contributed by atoms with Crippen LogP contribution in [0.5, 0.6) is 0 Å². The van der Waals surface area contributed by atoms with Crippen molar-refractivity contribution >= 4 is 12.2 Å². The highest BCUT2D eigenvalue weighted by molar-refractivity contribution is 5.83. The Hall–Kier alpha value is -1.91. The Morgan fingerprint density at radius 3 is 2.71 bits per heavy atom. The molecule has 0 radical (unpaired) electrons. The van der Waals surface area contributed by atoms with E-state index in [2.05, 4.69) is 10.2 Å². The minimum atomic E-state index is -0.348. The Kier molecular flexibility index (Phi) is 3.17. The van der Waals surface area contributed by atoms with Gasteiger partial charge >= 0.3 is 0 Å². The van der Waals surface area contributed by atoms with Crippen molar-refractivity contribution in [3.8, 4) is 0 Å². The molecule has 0 aliphatic heterocycles. The van der Waals surface area contributed by atoms with Gasteiger partial charge in [0.1, 0.15) is 5.82 Å². The molecule has 0 aliphatic rings. The highest BCUT2D eigenvalue weighted by Gasteiger charge is 2.00. The van der Waals surface area contributed by atoms with Crippen molar-refractivity contribution in [3.05, 3.63) is 35.1 Å². The third-order valence-corrected chi connectivity index (χ3v) is 1.63. The maximum atomic E-state index is 13.2. The molecule has 1 rings (SSSR count). The van der Waals surface area contributed by atoms with Gasteiger partial charge in [-0.2, -0.15) is 5.10 Å². The van der Waals surface area contributed by atoms with Gasteiger partial charge < -0.3 is 11.5 Å². The monoisotopic (exact) mass is 194 g/mol. The number of hydrogen-bond donors (Lipinski definition) is 2. The van der Waals surface area contributed by atoms with Gasteiger partial charge in [0.05, 0.1) is 6.21 Å². The quantitative estimate of drug-likeness (QED) is 0.414. The molecule has 0 spiro atoms. The van der Waals surface area contributed by atoms with E-state index in [-0.39, 0.29) is 11.8 Å². The van der Waals surface area contributed by atoms with Gasteiger partial charge in [-0.1, -0.05) is 12.1 Å². The summed E-state index contributed by atoms with van der Waals surface area (Å²) >= 11 is 0. The van der Waals surface area contributed by atoms with Crippen molar-refractivity contribution in [2.75, 3.05) is 0 Å². The summed E-state index contributed by atoms with van der Waals surface area (Å²) < 4.78 is 13.2. The van der Waals surface area contributed by atoms with E-state index in [0.717, 1.165) is 5.56 Å². The predicted molar refractivity (Wildman–Crippen MR) is 54.5 cm³/mol. The van der Waals surface area contributed by atoms with E-state index < -0.39 is 0 Å². The number of aryl methyl sites for hydroxylation is 1. The minimum absolute atomic E-state index is 0.157. The van der Waals surface area contributed by atoms with Crippen molar-refractivity contribution in [1.82, 2.24) is 0 Å². The lowest BCUT2D eigenvalue weighted by Gasteiger charge is -1.99. The molecule has 4 N–H and O–H groups in total. The third-order valence-electron chi connectivity index (χ3n) is 1.63. The average molecular weight is 194 g/mol. The fraction of sp³-hybridized carbons (Fsp3) is 0.111. The first-order valence-electron chi connectivity index (χ1n) is 3.98. The van der Waals surface area contributed by atoms with Gasteiger partial charge in [0.25, 0.3) is 0 Å². The van der Waals surface area contributed by atoms with E-state index in [1.165, 1.54) is 12.3 Å². The Bertz CT molecular complexity index is 360. The van der Waals surface area contributed by atoms with Crippen LogP contribution in [0.4, 0.5) is 4.39 Å². The number of guanidine groups is 1. The molecule has 74 valence electrons. The van der Waals surface area contributed by atoms with Gasteiger partial charge in [0.2, 0.25) is 5.96 Å². The van der Waals surface area contributed by atoms with Crippen LogP contribution in [0.25, 0.3) is 0 Å². The molecule has 0 aliphatic carbocycles. The van der Waals surface area contributed by atoms with Crippen LogP contribution in [0.15, 0.2) is 28.4 Å². The van der Waals surface area contributed by atoms with Crippen molar-refractivity contribution < 1.29 is 4.39 Å². The lowest BCUT2D eigenvalue weighted by molar-refractivity contribution is 0.624. The van der Waals surface area contributed by atoms with Crippen molar-refractivity contribution in [1.29, 1.82) is 0 Å². The van der Waals surface area contributed by atoms with E-state index in [0.29, 0.717) is 5.56 Å². The molecule has 0 heterocycles. The van der Waals surface area contributed by atoms with E-state index >= 15 is 0 Å². The zero-order chi connectivity index (χ0) is 10.6. The fourth-order valence-electron chi connectivity index (χ4n) is 0.962. The molecule has 1 aromatic rings. The highest BCUT2D eigenvalue weighted by Crippen LogP contribution is 2.09. The molecule has 0 atom stereocenters. The Balaban J connectivity index is 2.97. The van der Waals surface area contributed by atoms with Crippen LogP contribution in [0, 0.1) is 12.7 Å². The van der Waals surface area contributed by atoms with Crippen molar-refractivity contribution in [2.45, 2.75) is 6.92 Å². The largest absolute Gasteiger partial charge is 0.369 e. The van der Waals surface area contributed by atoms with Crippen LogP contribution in [-0.4, -0.2) is 12.2 Å². The van der Waals surface area contributed by atoms with E-state index in [4.69, 9.17) is 11.5 Å². The van der Waals surface area contributed by atoms with Gasteiger partial charge in [0.15, 0.2) is 0 Å². The van der Waals surface area contributed by atoms with Crippen LogP contribution in [0.1, 0.15) is 11.1 Å². The van der Waals surface area contributed by atoms with Crippen LogP contribution < -0.4 is 11.5 Å². The molecule has 0 saturated heterocycles. The summed E-state index contributed by atoms with van der Waals surface area (Å²) in [7, 11) is 0. The second kappa shape index (κ2) is 4.36. The van der Waals surface area contributed by atoms with Crippen LogP contribution in [0.2, 0.25) is 0 Å². The molecule has 0 unspecified atom stereocenters. The first-order chi connectivity index (χ1) is 6.61. The number of halogens is 1. The summed E-state index contributed by atoms with van der Waals surface area (Å²) in [5.74, 6) is -0.505. The number of rotatable bonds is 2. The van der Waals surface area contributed by atoms with Crippen molar-refractivity contribution in [3.63, 3.8) is 0 Å². The maximum absolute atomic E-state index is 13.2. The second-order valence-electron chi connectivity index (χ2n) is 2.74. The number of nitrogens with two attached hydrogens (primary N) is 2. The maximum Gasteiger partial charge on any atom is 0.211 e. The van der Waals surface area contributed by atoms with Crippen LogP contribution >= 0.6 is 0 Å². The summed E-state index contributed by atoms with van der Waals surface area (Å²) in [6.45, 7) is 1.78. The van der Waals surface area contributed by atoms with E-state index in [1.807, 2.05) is 0 Å². The molecule has 4 nitrogen and oxygen atoms in total. The molecule has 0 aromatic heterocycles. The van der Waals surface area contributed by atoms with Gasteiger partial charge in [-0.3, -0.25) is 0 Å². The van der Waals surface area contributed by atoms with Crippen molar-refractivity contribution in [2.24, 2.45) is 21.7 Å². The Labute approximate surface area is 81.1 Å². The van der Waals surface area contributed by atoms with Gasteiger partial charge in [-0.15, -0.1) is 5.10 Å². The molecular weight excluding hydrogens is 183 g/mol. The number of hydrogen-bond acceptors (Lipinski definition) is 2. The van der Waals surface area contributed by atoms with Crippen LogP contribution in [0.3, 0.4) is 0 Å². The SMILES string of the molecule is Cc1cccc(F)c1/C=N/N=C(N)N. The Morgan fingerprint density at radius 2 is 2.14 bits per heavy atom. The molecule has 0 saturated carbocycles. The second-order valence-corrected chi connectivity index (χ2v) is 2.74. The van der Waals surface area contributed by atoms with E-state index in [1.54, 1.807) is 19.1 Å². The van der Waals surface area contributed by atoms with Gasteiger partial charge in [0, 0.05) is 5.56 Å². The first kappa shape index (κ1) is 10.2. The normalized spacial score (nSPS) is 10.4.